The Balaban J connectivity index is 1.44. The van der Waals surface area contributed by atoms with E-state index in [-0.39, 0.29) is 23.9 Å². The van der Waals surface area contributed by atoms with Crippen molar-refractivity contribution in [1.29, 1.82) is 0 Å². The molecular formula is C21H27N5O3. The van der Waals surface area contributed by atoms with Crippen LogP contribution in [0, 0.1) is 12.8 Å². The predicted molar refractivity (Wildman–Crippen MR) is 107 cm³/mol. The molecule has 29 heavy (non-hydrogen) atoms. The van der Waals surface area contributed by atoms with Crippen LogP contribution in [0.3, 0.4) is 0 Å². The maximum Gasteiger partial charge on any atom is 0.318 e. The van der Waals surface area contributed by atoms with E-state index in [1.807, 2.05) is 50.1 Å². The molecule has 1 N–H and O–H groups in total. The number of nitrogens with one attached hydrogen (secondary N) is 1. The number of carbonyl (C=O) groups is 2. The van der Waals surface area contributed by atoms with Gasteiger partial charge in [-0.2, -0.15) is 5.10 Å². The summed E-state index contributed by atoms with van der Waals surface area (Å²) >= 11 is 0. The van der Waals surface area contributed by atoms with Crippen molar-refractivity contribution < 1.29 is 14.3 Å². The molecule has 0 bridgehead atoms. The largest absolute Gasteiger partial charge is 0.496 e. The first-order chi connectivity index (χ1) is 13.9. The van der Waals surface area contributed by atoms with E-state index in [4.69, 9.17) is 4.74 Å². The van der Waals surface area contributed by atoms with Crippen LogP contribution >= 0.6 is 0 Å². The molecule has 2 atom stereocenters. The van der Waals surface area contributed by atoms with Gasteiger partial charge in [0.1, 0.15) is 5.75 Å². The van der Waals surface area contributed by atoms with Crippen LogP contribution in [0.4, 0.5) is 4.79 Å². The SMILES string of the molecule is COc1cccc2c1CN(C(=O)NC[C@@H]1CC(=O)N(C)[C@H]1c1cnn(C)c1C)C2. The zero-order chi connectivity index (χ0) is 20.7. The number of methoxy groups -OCH3 is 1. The molecule has 4 rings (SSSR count). The number of benzene rings is 1. The Morgan fingerprint density at radius 3 is 2.79 bits per heavy atom. The van der Waals surface area contributed by atoms with E-state index in [9.17, 15) is 9.59 Å². The summed E-state index contributed by atoms with van der Waals surface area (Å²) in [5.74, 6) is 0.919. The maximum absolute atomic E-state index is 12.8. The van der Waals surface area contributed by atoms with E-state index in [0.29, 0.717) is 26.1 Å². The van der Waals surface area contributed by atoms with Gasteiger partial charge in [0, 0.05) is 56.3 Å². The minimum atomic E-state index is -0.119. The van der Waals surface area contributed by atoms with Gasteiger partial charge in [-0.15, -0.1) is 0 Å². The number of fused-ring (bicyclic) bond motifs is 1. The summed E-state index contributed by atoms with van der Waals surface area (Å²) < 4.78 is 7.23. The van der Waals surface area contributed by atoms with Gasteiger partial charge < -0.3 is 19.9 Å². The number of ether oxygens (including phenoxy) is 1. The molecule has 3 heterocycles. The molecule has 2 aliphatic rings. The summed E-state index contributed by atoms with van der Waals surface area (Å²) in [6.07, 6.45) is 2.25. The first kappa shape index (κ1) is 19.3. The molecule has 0 aliphatic carbocycles. The molecule has 3 amide bonds. The minimum absolute atomic E-state index is 0.0128. The fourth-order valence-electron chi connectivity index (χ4n) is 4.46. The second-order valence-electron chi connectivity index (χ2n) is 7.86. The fraction of sp³-hybridized carbons (Fsp3) is 0.476. The third-order valence-electron chi connectivity index (χ3n) is 6.25. The number of hydrogen-bond acceptors (Lipinski definition) is 4. The van der Waals surface area contributed by atoms with Gasteiger partial charge in [0.05, 0.1) is 25.9 Å². The highest BCUT2D eigenvalue weighted by molar-refractivity contribution is 5.80. The number of likely N-dealkylation sites (tertiary alicyclic amines) is 1. The van der Waals surface area contributed by atoms with Gasteiger partial charge in [-0.3, -0.25) is 9.48 Å². The topological polar surface area (TPSA) is 79.7 Å². The highest BCUT2D eigenvalue weighted by Crippen LogP contribution is 2.38. The standard InChI is InChI=1S/C21H27N5O3/c1-13-16(10-23-25(13)3)20-15(8-19(27)24(20)2)9-22-21(28)26-11-14-6-5-7-18(29-4)17(14)12-26/h5-7,10,15,20H,8-9,11-12H2,1-4H3,(H,22,28)/t15-,20+/m0/s1. The average molecular weight is 397 g/mol. The highest BCUT2D eigenvalue weighted by Gasteiger charge is 2.40. The Kier molecular flexibility index (Phi) is 4.94. The van der Waals surface area contributed by atoms with Crippen LogP contribution in [0.2, 0.25) is 0 Å². The number of hydrogen-bond donors (Lipinski definition) is 1. The highest BCUT2D eigenvalue weighted by atomic mass is 16.5. The summed E-state index contributed by atoms with van der Waals surface area (Å²) in [7, 11) is 5.36. The van der Waals surface area contributed by atoms with Gasteiger partial charge in [0.25, 0.3) is 0 Å². The van der Waals surface area contributed by atoms with E-state index in [0.717, 1.165) is 28.1 Å². The van der Waals surface area contributed by atoms with Crippen LogP contribution < -0.4 is 10.1 Å². The summed E-state index contributed by atoms with van der Waals surface area (Å²) in [6, 6.07) is 5.69. The van der Waals surface area contributed by atoms with Crippen molar-refractivity contribution in [2.45, 2.75) is 32.5 Å². The lowest BCUT2D eigenvalue weighted by molar-refractivity contribution is -0.127. The molecule has 1 aromatic heterocycles. The minimum Gasteiger partial charge on any atom is -0.496 e. The molecule has 1 saturated heterocycles. The number of urea groups is 1. The molecule has 154 valence electrons. The summed E-state index contributed by atoms with van der Waals surface area (Å²) in [5, 5.41) is 7.37. The Bertz CT molecular complexity index is 954. The normalized spacial score (nSPS) is 20.9. The lowest BCUT2D eigenvalue weighted by Gasteiger charge is -2.26. The lowest BCUT2D eigenvalue weighted by atomic mass is 9.94. The Morgan fingerprint density at radius 1 is 1.31 bits per heavy atom. The molecule has 0 unspecified atom stereocenters. The Morgan fingerprint density at radius 2 is 2.10 bits per heavy atom. The smallest absolute Gasteiger partial charge is 0.318 e. The van der Waals surface area contributed by atoms with E-state index in [2.05, 4.69) is 10.4 Å². The third-order valence-corrected chi connectivity index (χ3v) is 6.25. The first-order valence-electron chi connectivity index (χ1n) is 9.82. The molecule has 0 saturated carbocycles. The van der Waals surface area contributed by atoms with Crippen molar-refractivity contribution in [3.05, 3.63) is 46.8 Å². The maximum atomic E-state index is 12.8. The second-order valence-corrected chi connectivity index (χ2v) is 7.86. The molecule has 1 fully saturated rings. The second kappa shape index (κ2) is 7.42. The van der Waals surface area contributed by atoms with Crippen LogP contribution in [0.1, 0.15) is 34.8 Å². The summed E-state index contributed by atoms with van der Waals surface area (Å²) in [6.45, 7) is 3.54. The molecule has 2 aliphatic heterocycles. The van der Waals surface area contributed by atoms with Crippen molar-refractivity contribution in [3.63, 3.8) is 0 Å². The molecule has 1 aromatic carbocycles. The van der Waals surface area contributed by atoms with Crippen LogP contribution in [0.5, 0.6) is 5.75 Å². The van der Waals surface area contributed by atoms with Crippen molar-refractivity contribution in [2.24, 2.45) is 13.0 Å². The molecule has 0 radical (unpaired) electrons. The molecule has 8 nitrogen and oxygen atoms in total. The van der Waals surface area contributed by atoms with Gasteiger partial charge in [-0.1, -0.05) is 12.1 Å². The quantitative estimate of drug-likeness (QED) is 0.856. The molecule has 0 spiro atoms. The lowest BCUT2D eigenvalue weighted by Crippen LogP contribution is -2.40. The van der Waals surface area contributed by atoms with Crippen molar-refractivity contribution in [1.82, 2.24) is 24.9 Å². The van der Waals surface area contributed by atoms with Gasteiger partial charge in [-0.25, -0.2) is 4.79 Å². The number of amides is 3. The zero-order valence-corrected chi connectivity index (χ0v) is 17.3. The molecular weight excluding hydrogens is 370 g/mol. The van der Waals surface area contributed by atoms with Gasteiger partial charge in [0.2, 0.25) is 5.91 Å². The van der Waals surface area contributed by atoms with Crippen LogP contribution in [0.15, 0.2) is 24.4 Å². The van der Waals surface area contributed by atoms with Crippen LogP contribution in [-0.4, -0.2) is 52.2 Å². The molecule has 2 aromatic rings. The zero-order valence-electron chi connectivity index (χ0n) is 17.3. The van der Waals surface area contributed by atoms with Crippen molar-refractivity contribution in [3.8, 4) is 5.75 Å². The number of aryl methyl sites for hydroxylation is 1. The molecule has 8 heteroatoms. The van der Waals surface area contributed by atoms with Gasteiger partial charge >= 0.3 is 6.03 Å². The van der Waals surface area contributed by atoms with Crippen molar-refractivity contribution in [2.75, 3.05) is 20.7 Å². The Hall–Kier alpha value is -3.03. The van der Waals surface area contributed by atoms with E-state index in [1.165, 1.54) is 0 Å². The number of aromatic nitrogens is 2. The number of nitrogens with zero attached hydrogens (tertiary/aromatic N) is 4. The third kappa shape index (κ3) is 3.32. The van der Waals surface area contributed by atoms with E-state index in [1.54, 1.807) is 16.9 Å². The average Bonchev–Trinajstić information content (AvgIpc) is 3.37. The van der Waals surface area contributed by atoms with E-state index < -0.39 is 0 Å². The van der Waals surface area contributed by atoms with E-state index >= 15 is 0 Å². The van der Waals surface area contributed by atoms with Crippen molar-refractivity contribution >= 4 is 11.9 Å². The number of carbonyl (C=O) groups excluding carboxylic acids is 2. The van der Waals surface area contributed by atoms with Gasteiger partial charge in [-0.05, 0) is 18.6 Å². The summed E-state index contributed by atoms with van der Waals surface area (Å²) in [5.41, 5.74) is 4.25. The van der Waals surface area contributed by atoms with Crippen LogP contribution in [0.25, 0.3) is 0 Å². The first-order valence-corrected chi connectivity index (χ1v) is 9.82. The number of rotatable bonds is 4. The van der Waals surface area contributed by atoms with Crippen LogP contribution in [-0.2, 0) is 24.9 Å². The monoisotopic (exact) mass is 397 g/mol. The Labute approximate surface area is 170 Å². The summed E-state index contributed by atoms with van der Waals surface area (Å²) in [4.78, 5) is 28.7. The fourth-order valence-corrected chi connectivity index (χ4v) is 4.46. The predicted octanol–water partition coefficient (Wildman–Crippen LogP) is 1.98. The van der Waals surface area contributed by atoms with Gasteiger partial charge in [0.15, 0.2) is 0 Å².